The minimum Gasteiger partial charge on any atom is -0.868 e. The average Bonchev–Trinajstić information content (AvgIpc) is 3.25. The number of hydrogen-bond acceptors (Lipinski definition) is 4. The fraction of sp³-hybridized carbons (Fsp3) is 0.300. The first-order valence-corrected chi connectivity index (χ1v) is 8.75. The Morgan fingerprint density at radius 3 is 2.56 bits per heavy atom. The maximum absolute atomic E-state index is 13.4. The van der Waals surface area contributed by atoms with Gasteiger partial charge in [-0.05, 0) is 35.6 Å². The van der Waals surface area contributed by atoms with Gasteiger partial charge in [-0.25, -0.2) is 4.39 Å². The Kier molecular flexibility index (Phi) is 5.41. The molecule has 0 saturated carbocycles. The standard InChI is InChI=1S/C20H21FN2O4/c1-22(2)10-4-11-23-17(13-6-8-14(21)9-7-13)16(19(25)20(23)26)18(24)15-5-3-12-27-15/h3,5-9,12,17,25H,4,10-11H2,1-2H3. The van der Waals surface area contributed by atoms with Crippen molar-refractivity contribution in [3.63, 3.8) is 0 Å². The molecule has 0 saturated heterocycles. The van der Waals surface area contributed by atoms with E-state index >= 15 is 0 Å². The van der Waals surface area contributed by atoms with E-state index in [2.05, 4.69) is 0 Å². The molecule has 1 atom stereocenters. The normalized spacial score (nSPS) is 17.3. The van der Waals surface area contributed by atoms with Gasteiger partial charge in [0.1, 0.15) is 5.82 Å². The van der Waals surface area contributed by atoms with Crippen molar-refractivity contribution in [1.82, 2.24) is 4.90 Å². The summed E-state index contributed by atoms with van der Waals surface area (Å²) < 4.78 is 18.5. The molecule has 1 aromatic carbocycles. The Labute approximate surface area is 156 Å². The van der Waals surface area contributed by atoms with Crippen LogP contribution in [-0.4, -0.2) is 43.8 Å². The van der Waals surface area contributed by atoms with Crippen LogP contribution < -0.4 is 10.0 Å². The van der Waals surface area contributed by atoms with E-state index in [9.17, 15) is 19.1 Å². The lowest BCUT2D eigenvalue weighted by Crippen LogP contribution is -3.05. The number of hydrogen-bond donors (Lipinski definition) is 1. The summed E-state index contributed by atoms with van der Waals surface area (Å²) in [6.07, 6.45) is 2.00. The van der Waals surface area contributed by atoms with Crippen LogP contribution in [0.4, 0.5) is 4.39 Å². The van der Waals surface area contributed by atoms with Crippen molar-refractivity contribution in [1.29, 1.82) is 0 Å². The molecule has 0 radical (unpaired) electrons. The molecule has 1 unspecified atom stereocenters. The zero-order valence-electron chi connectivity index (χ0n) is 15.2. The van der Waals surface area contributed by atoms with E-state index in [0.29, 0.717) is 18.5 Å². The average molecular weight is 372 g/mol. The van der Waals surface area contributed by atoms with Gasteiger partial charge >= 0.3 is 0 Å². The summed E-state index contributed by atoms with van der Waals surface area (Å²) in [6.45, 7) is 1.13. The van der Waals surface area contributed by atoms with Crippen LogP contribution in [0, 0.1) is 5.82 Å². The lowest BCUT2D eigenvalue weighted by molar-refractivity contribution is -0.858. The van der Waals surface area contributed by atoms with Crippen molar-refractivity contribution >= 4 is 11.7 Å². The number of benzene rings is 1. The predicted octanol–water partition coefficient (Wildman–Crippen LogP) is 0.334. The molecule has 0 bridgehead atoms. The molecule has 6 nitrogen and oxygen atoms in total. The maximum atomic E-state index is 13.4. The molecule has 142 valence electrons. The molecule has 1 aliphatic rings. The van der Waals surface area contributed by atoms with Crippen molar-refractivity contribution < 1.29 is 28.4 Å². The van der Waals surface area contributed by atoms with Gasteiger partial charge in [0.05, 0.1) is 32.9 Å². The lowest BCUT2D eigenvalue weighted by atomic mass is 9.95. The monoisotopic (exact) mass is 372 g/mol. The molecule has 0 spiro atoms. The van der Waals surface area contributed by atoms with Gasteiger partial charge in [0, 0.05) is 18.5 Å². The van der Waals surface area contributed by atoms with Crippen LogP contribution in [0.5, 0.6) is 0 Å². The minimum absolute atomic E-state index is 0.00199. The smallest absolute Gasteiger partial charge is 0.239 e. The Balaban J connectivity index is 1.99. The number of amides is 1. The summed E-state index contributed by atoms with van der Waals surface area (Å²) in [4.78, 5) is 28.0. The number of carbonyl (C=O) groups excluding carboxylic acids is 2. The molecule has 2 heterocycles. The fourth-order valence-corrected chi connectivity index (χ4v) is 3.24. The summed E-state index contributed by atoms with van der Waals surface area (Å²) in [5, 5.41) is 12.6. The molecule has 27 heavy (non-hydrogen) atoms. The second-order valence-electron chi connectivity index (χ2n) is 6.81. The Morgan fingerprint density at radius 1 is 1.26 bits per heavy atom. The second-order valence-corrected chi connectivity index (χ2v) is 6.81. The van der Waals surface area contributed by atoms with Crippen LogP contribution in [0.25, 0.3) is 0 Å². The first-order valence-electron chi connectivity index (χ1n) is 8.75. The van der Waals surface area contributed by atoms with E-state index in [1.165, 1.54) is 46.4 Å². The van der Waals surface area contributed by atoms with E-state index in [4.69, 9.17) is 4.42 Å². The number of quaternary nitrogens is 1. The highest BCUT2D eigenvalue weighted by atomic mass is 19.1. The molecular formula is C20H21FN2O4. The van der Waals surface area contributed by atoms with Gasteiger partial charge in [-0.3, -0.25) is 9.59 Å². The summed E-state index contributed by atoms with van der Waals surface area (Å²) in [7, 11) is 3.98. The van der Waals surface area contributed by atoms with Crippen LogP contribution in [0.2, 0.25) is 0 Å². The number of Topliss-reactive ketones (excluding diaryl/α,β-unsaturated/α-hetero) is 1. The first-order chi connectivity index (χ1) is 12.9. The van der Waals surface area contributed by atoms with E-state index < -0.39 is 29.3 Å². The summed E-state index contributed by atoms with van der Waals surface area (Å²) in [5.41, 5.74) is 0.362. The van der Waals surface area contributed by atoms with Gasteiger partial charge in [-0.2, -0.15) is 0 Å². The lowest BCUT2D eigenvalue weighted by Gasteiger charge is -2.27. The molecule has 1 N–H and O–H groups in total. The molecule has 7 heteroatoms. The van der Waals surface area contributed by atoms with Gasteiger partial charge in [-0.15, -0.1) is 0 Å². The van der Waals surface area contributed by atoms with Crippen LogP contribution in [-0.2, 0) is 4.79 Å². The molecular weight excluding hydrogens is 351 g/mol. The third-order valence-corrected chi connectivity index (χ3v) is 4.54. The maximum Gasteiger partial charge on any atom is 0.239 e. The quantitative estimate of drug-likeness (QED) is 0.711. The Bertz CT molecular complexity index is 857. The zero-order chi connectivity index (χ0) is 19.6. The van der Waals surface area contributed by atoms with Gasteiger partial charge in [0.2, 0.25) is 11.7 Å². The van der Waals surface area contributed by atoms with Crippen molar-refractivity contribution in [2.75, 3.05) is 27.2 Å². The molecule has 1 aromatic heterocycles. The SMILES string of the molecule is C[NH+](C)CCCN1C(=O)C([O-])=C(C(=O)c2ccco2)C1c1ccc(F)cc1. The number of rotatable bonds is 7. The number of furan rings is 1. The van der Waals surface area contributed by atoms with Crippen LogP contribution in [0.1, 0.15) is 28.6 Å². The van der Waals surface area contributed by atoms with E-state index in [-0.39, 0.29) is 11.3 Å². The number of nitrogens with one attached hydrogen (secondary N) is 1. The minimum atomic E-state index is -0.847. The molecule has 1 aliphatic heterocycles. The van der Waals surface area contributed by atoms with Crippen LogP contribution >= 0.6 is 0 Å². The highest BCUT2D eigenvalue weighted by Gasteiger charge is 2.40. The number of halogens is 1. The highest BCUT2D eigenvalue weighted by Crippen LogP contribution is 2.38. The van der Waals surface area contributed by atoms with E-state index in [1.807, 2.05) is 14.1 Å². The molecule has 0 fully saturated rings. The fourth-order valence-electron chi connectivity index (χ4n) is 3.24. The van der Waals surface area contributed by atoms with Gasteiger partial charge < -0.3 is 19.3 Å². The van der Waals surface area contributed by atoms with E-state index in [0.717, 1.165) is 6.54 Å². The largest absolute Gasteiger partial charge is 0.868 e. The Morgan fingerprint density at radius 2 is 1.96 bits per heavy atom. The second kappa shape index (κ2) is 7.75. The van der Waals surface area contributed by atoms with Crippen LogP contribution in [0.15, 0.2) is 58.4 Å². The van der Waals surface area contributed by atoms with Gasteiger partial charge in [-0.1, -0.05) is 12.1 Å². The topological polar surface area (TPSA) is 78.0 Å². The summed E-state index contributed by atoms with van der Waals surface area (Å²) >= 11 is 0. The third kappa shape index (κ3) is 3.78. The van der Waals surface area contributed by atoms with Crippen molar-refractivity contribution in [2.45, 2.75) is 12.5 Å². The Hall–Kier alpha value is -2.93. The molecule has 2 aromatic rings. The molecule has 0 aliphatic carbocycles. The highest BCUT2D eigenvalue weighted by molar-refractivity contribution is 6.14. The summed E-state index contributed by atoms with van der Waals surface area (Å²) in [5.74, 6) is -2.60. The first kappa shape index (κ1) is 18.8. The molecule has 3 rings (SSSR count). The summed E-state index contributed by atoms with van der Waals surface area (Å²) in [6, 6.07) is 7.63. The van der Waals surface area contributed by atoms with Crippen molar-refractivity contribution in [3.8, 4) is 0 Å². The molecule has 1 amide bonds. The van der Waals surface area contributed by atoms with Crippen LogP contribution in [0.3, 0.4) is 0 Å². The predicted molar refractivity (Wildman–Crippen MR) is 93.2 cm³/mol. The number of nitrogens with zero attached hydrogens (tertiary/aromatic N) is 1. The zero-order valence-corrected chi connectivity index (χ0v) is 15.2. The van der Waals surface area contributed by atoms with Crippen molar-refractivity contribution in [2.24, 2.45) is 0 Å². The van der Waals surface area contributed by atoms with Crippen molar-refractivity contribution in [3.05, 3.63) is 71.1 Å². The van der Waals surface area contributed by atoms with Gasteiger partial charge in [0.15, 0.2) is 5.76 Å². The van der Waals surface area contributed by atoms with E-state index in [1.54, 1.807) is 6.07 Å². The number of carbonyl (C=O) groups is 2. The van der Waals surface area contributed by atoms with Gasteiger partial charge in [0.25, 0.3) is 0 Å². The third-order valence-electron chi connectivity index (χ3n) is 4.54. The number of ketones is 1.